The Morgan fingerprint density at radius 2 is 1.91 bits per heavy atom. The minimum absolute atomic E-state index is 0.351. The second kappa shape index (κ2) is 6.89. The second-order valence-corrected chi connectivity index (χ2v) is 6.29. The van der Waals surface area contributed by atoms with E-state index in [0.717, 1.165) is 22.9 Å². The highest BCUT2D eigenvalue weighted by atomic mass is 35.5. The lowest BCUT2D eigenvalue weighted by Crippen LogP contribution is -2.17. The molecule has 1 saturated heterocycles. The van der Waals surface area contributed by atoms with Crippen molar-refractivity contribution in [1.82, 2.24) is 5.32 Å². The largest absolute Gasteiger partial charge is 0.489 e. The van der Waals surface area contributed by atoms with Crippen LogP contribution < -0.4 is 10.1 Å². The van der Waals surface area contributed by atoms with Crippen molar-refractivity contribution in [3.05, 3.63) is 69.6 Å². The minimum Gasteiger partial charge on any atom is -0.489 e. The smallest absolute Gasteiger partial charge is 0.290 e. The maximum Gasteiger partial charge on any atom is 0.290 e. The summed E-state index contributed by atoms with van der Waals surface area (Å²) in [7, 11) is 0. The first-order valence-corrected chi connectivity index (χ1v) is 8.02. The molecule has 2 aromatic rings. The Labute approximate surface area is 142 Å². The monoisotopic (exact) mass is 345 g/mol. The van der Waals surface area contributed by atoms with E-state index in [-0.39, 0.29) is 11.1 Å². The summed E-state index contributed by atoms with van der Waals surface area (Å²) in [5, 5.41) is 2.56. The van der Waals surface area contributed by atoms with Crippen LogP contribution in [-0.2, 0) is 11.4 Å². The molecule has 116 valence electrons. The summed E-state index contributed by atoms with van der Waals surface area (Å²) in [6, 6.07) is 14.8. The number of thioether (sulfide) groups is 1. The molecule has 0 radical (unpaired) electrons. The summed E-state index contributed by atoms with van der Waals surface area (Å²) < 4.78 is 5.74. The van der Waals surface area contributed by atoms with Gasteiger partial charge in [-0.25, -0.2) is 0 Å². The third kappa shape index (κ3) is 4.15. The van der Waals surface area contributed by atoms with Crippen molar-refractivity contribution < 1.29 is 14.3 Å². The zero-order valence-electron chi connectivity index (χ0n) is 11.9. The van der Waals surface area contributed by atoms with Crippen molar-refractivity contribution in [3.8, 4) is 5.75 Å². The van der Waals surface area contributed by atoms with Crippen LogP contribution in [-0.4, -0.2) is 11.1 Å². The topological polar surface area (TPSA) is 55.4 Å². The third-order valence-electron chi connectivity index (χ3n) is 3.12. The van der Waals surface area contributed by atoms with Crippen LogP contribution in [0.3, 0.4) is 0 Å². The van der Waals surface area contributed by atoms with E-state index in [2.05, 4.69) is 5.32 Å². The fraction of sp³-hybridized carbons (Fsp3) is 0.0588. The van der Waals surface area contributed by atoms with Gasteiger partial charge in [0.1, 0.15) is 12.4 Å². The first-order chi connectivity index (χ1) is 11.1. The second-order valence-electron chi connectivity index (χ2n) is 4.84. The molecule has 2 aromatic carbocycles. The van der Waals surface area contributed by atoms with Gasteiger partial charge in [-0.1, -0.05) is 35.9 Å². The van der Waals surface area contributed by atoms with E-state index in [1.807, 2.05) is 48.5 Å². The van der Waals surface area contributed by atoms with Crippen LogP contribution in [0, 0.1) is 0 Å². The van der Waals surface area contributed by atoms with E-state index in [1.165, 1.54) is 0 Å². The van der Waals surface area contributed by atoms with Crippen LogP contribution in [0.2, 0.25) is 5.02 Å². The molecule has 1 fully saturated rings. The van der Waals surface area contributed by atoms with Crippen molar-refractivity contribution in [3.63, 3.8) is 0 Å². The minimum atomic E-state index is -0.368. The van der Waals surface area contributed by atoms with Crippen LogP contribution in [0.1, 0.15) is 11.1 Å². The molecule has 0 aliphatic carbocycles. The van der Waals surface area contributed by atoms with Crippen LogP contribution in [0.4, 0.5) is 4.79 Å². The van der Waals surface area contributed by atoms with Crippen molar-refractivity contribution in [1.29, 1.82) is 0 Å². The molecule has 0 atom stereocenters. The normalized spacial score (nSPS) is 15.8. The molecule has 0 saturated carbocycles. The van der Waals surface area contributed by atoms with E-state index in [9.17, 15) is 9.59 Å². The zero-order chi connectivity index (χ0) is 16.2. The predicted octanol–water partition coefficient (Wildman–Crippen LogP) is 4.24. The van der Waals surface area contributed by atoms with E-state index in [0.29, 0.717) is 22.3 Å². The Morgan fingerprint density at radius 3 is 2.61 bits per heavy atom. The summed E-state index contributed by atoms with van der Waals surface area (Å²) in [5.74, 6) is 0.316. The number of hydrogen-bond donors (Lipinski definition) is 1. The van der Waals surface area contributed by atoms with Gasteiger partial charge in [0.25, 0.3) is 11.1 Å². The molecule has 1 N–H and O–H groups in total. The summed E-state index contributed by atoms with van der Waals surface area (Å²) in [6.07, 6.45) is 1.67. The van der Waals surface area contributed by atoms with Crippen molar-refractivity contribution in [2.24, 2.45) is 0 Å². The van der Waals surface area contributed by atoms with Gasteiger partial charge in [0.2, 0.25) is 0 Å². The van der Waals surface area contributed by atoms with Crippen molar-refractivity contribution >= 4 is 40.6 Å². The molecule has 0 spiro atoms. The number of carbonyl (C=O) groups excluding carboxylic acids is 2. The molecule has 1 heterocycles. The Kier molecular flexibility index (Phi) is 4.69. The summed E-state index contributed by atoms with van der Waals surface area (Å²) in [6.45, 7) is 0.422. The molecule has 4 nitrogen and oxygen atoms in total. The van der Waals surface area contributed by atoms with E-state index < -0.39 is 0 Å². The number of hydrogen-bond acceptors (Lipinski definition) is 4. The summed E-state index contributed by atoms with van der Waals surface area (Å²) >= 11 is 6.74. The van der Waals surface area contributed by atoms with Crippen LogP contribution in [0.15, 0.2) is 53.4 Å². The van der Waals surface area contributed by atoms with E-state index >= 15 is 0 Å². The van der Waals surface area contributed by atoms with Crippen LogP contribution >= 0.6 is 23.4 Å². The lowest BCUT2D eigenvalue weighted by Gasteiger charge is -2.07. The number of rotatable bonds is 4. The molecule has 0 aromatic heterocycles. The highest BCUT2D eigenvalue weighted by Gasteiger charge is 2.24. The van der Waals surface area contributed by atoms with Crippen molar-refractivity contribution in [2.45, 2.75) is 6.61 Å². The number of imide groups is 1. The average Bonchev–Trinajstić information content (AvgIpc) is 2.85. The molecular formula is C17H12ClNO3S. The van der Waals surface area contributed by atoms with Gasteiger partial charge in [-0.3, -0.25) is 14.9 Å². The van der Waals surface area contributed by atoms with Crippen molar-refractivity contribution in [2.75, 3.05) is 0 Å². The predicted molar refractivity (Wildman–Crippen MR) is 91.3 cm³/mol. The zero-order valence-corrected chi connectivity index (χ0v) is 13.5. The van der Waals surface area contributed by atoms with Gasteiger partial charge in [0.05, 0.1) is 4.91 Å². The first kappa shape index (κ1) is 15.6. The van der Waals surface area contributed by atoms with E-state index in [4.69, 9.17) is 16.3 Å². The highest BCUT2D eigenvalue weighted by Crippen LogP contribution is 2.26. The van der Waals surface area contributed by atoms with Gasteiger partial charge in [-0.15, -0.1) is 0 Å². The molecule has 1 aliphatic heterocycles. The van der Waals surface area contributed by atoms with Gasteiger partial charge in [-0.05, 0) is 53.2 Å². The Balaban J connectivity index is 1.70. The quantitative estimate of drug-likeness (QED) is 0.842. The number of ether oxygens (including phenoxy) is 1. The fourth-order valence-electron chi connectivity index (χ4n) is 2.01. The molecule has 0 bridgehead atoms. The maximum atomic E-state index is 11.5. The van der Waals surface area contributed by atoms with Gasteiger partial charge in [-0.2, -0.15) is 0 Å². The number of carbonyl (C=O) groups is 2. The summed E-state index contributed by atoms with van der Waals surface area (Å²) in [5.41, 5.74) is 1.81. The number of halogens is 1. The van der Waals surface area contributed by atoms with Gasteiger partial charge in [0.15, 0.2) is 0 Å². The maximum absolute atomic E-state index is 11.5. The molecule has 6 heteroatoms. The van der Waals surface area contributed by atoms with Crippen LogP contribution in [0.25, 0.3) is 6.08 Å². The molecule has 1 aliphatic rings. The third-order valence-corrected chi connectivity index (χ3v) is 4.18. The van der Waals surface area contributed by atoms with Gasteiger partial charge in [0, 0.05) is 5.02 Å². The van der Waals surface area contributed by atoms with Crippen LogP contribution in [0.5, 0.6) is 5.75 Å². The number of amides is 2. The fourth-order valence-corrected chi connectivity index (χ4v) is 2.82. The Morgan fingerprint density at radius 1 is 1.13 bits per heavy atom. The molecule has 23 heavy (non-hydrogen) atoms. The standard InChI is InChI=1S/C17H12ClNO3S/c18-13-6-4-11(5-7-13)10-22-14-3-1-2-12(8-14)9-15-16(20)19-17(21)23-15/h1-9H,10H2,(H,19,20,21)/b15-9+. The first-order valence-electron chi connectivity index (χ1n) is 6.82. The molecule has 0 unspecified atom stereocenters. The van der Waals surface area contributed by atoms with Gasteiger partial charge < -0.3 is 4.74 Å². The number of benzene rings is 2. The number of nitrogens with one attached hydrogen (secondary N) is 1. The highest BCUT2D eigenvalue weighted by molar-refractivity contribution is 8.18. The van der Waals surface area contributed by atoms with Gasteiger partial charge >= 0.3 is 0 Å². The average molecular weight is 346 g/mol. The van der Waals surface area contributed by atoms with E-state index in [1.54, 1.807) is 6.08 Å². The lowest BCUT2D eigenvalue weighted by atomic mass is 10.2. The molecular weight excluding hydrogens is 334 g/mol. The lowest BCUT2D eigenvalue weighted by molar-refractivity contribution is -0.115. The Bertz CT molecular complexity index is 787. The molecule has 3 rings (SSSR count). The Hall–Kier alpha value is -2.24. The molecule has 2 amide bonds. The SMILES string of the molecule is O=C1NC(=O)/C(=C\c2cccc(OCc3ccc(Cl)cc3)c2)S1. The summed E-state index contributed by atoms with van der Waals surface area (Å²) in [4.78, 5) is 23.1.